The van der Waals surface area contributed by atoms with E-state index in [4.69, 9.17) is 9.15 Å². The topological polar surface area (TPSA) is 84.8 Å². The van der Waals surface area contributed by atoms with Crippen LogP contribution < -0.4 is 10.1 Å². The van der Waals surface area contributed by atoms with Crippen LogP contribution in [0.1, 0.15) is 11.7 Å². The van der Waals surface area contributed by atoms with E-state index in [1.807, 2.05) is 49.5 Å². The van der Waals surface area contributed by atoms with E-state index in [1.165, 1.54) is 0 Å². The Balaban J connectivity index is 1.51. The van der Waals surface area contributed by atoms with E-state index in [0.29, 0.717) is 23.8 Å². The molecule has 0 fully saturated rings. The number of furan rings is 1. The molecule has 5 aromatic rings. The normalized spacial score (nSPS) is 12.4. The quantitative estimate of drug-likeness (QED) is 0.445. The van der Waals surface area contributed by atoms with Gasteiger partial charge in [0.05, 0.1) is 6.20 Å². The van der Waals surface area contributed by atoms with Crippen molar-refractivity contribution in [2.24, 2.45) is 0 Å². The highest BCUT2D eigenvalue weighted by Crippen LogP contribution is 2.29. The largest absolute Gasteiger partial charge is 0.508 e. The van der Waals surface area contributed by atoms with Crippen LogP contribution in [-0.2, 0) is 0 Å². The molecule has 2 N–H and O–H groups in total. The van der Waals surface area contributed by atoms with E-state index in [2.05, 4.69) is 15.4 Å². The number of imidazole rings is 1. The van der Waals surface area contributed by atoms with Crippen LogP contribution in [-0.4, -0.2) is 33.3 Å². The van der Waals surface area contributed by atoms with Gasteiger partial charge in [0.15, 0.2) is 11.4 Å². The molecule has 0 amide bonds. The van der Waals surface area contributed by atoms with Crippen LogP contribution in [0.15, 0.2) is 77.3 Å². The lowest BCUT2D eigenvalue weighted by molar-refractivity contribution is 0.193. The highest BCUT2D eigenvalue weighted by Gasteiger charge is 2.17. The number of benzene rings is 2. The Labute approximate surface area is 172 Å². The fourth-order valence-corrected chi connectivity index (χ4v) is 3.48. The molecule has 7 nitrogen and oxygen atoms in total. The monoisotopic (exact) mass is 400 g/mol. The van der Waals surface area contributed by atoms with Gasteiger partial charge in [-0.3, -0.25) is 0 Å². The molecular weight excluding hydrogens is 380 g/mol. The molecule has 0 aliphatic heterocycles. The maximum atomic E-state index is 9.82. The summed E-state index contributed by atoms with van der Waals surface area (Å²) in [6, 6.07) is 20.5. The maximum Gasteiger partial charge on any atom is 0.232 e. The van der Waals surface area contributed by atoms with Crippen molar-refractivity contribution in [2.45, 2.75) is 6.10 Å². The van der Waals surface area contributed by atoms with Gasteiger partial charge in [0.25, 0.3) is 0 Å². The minimum absolute atomic E-state index is 0.197. The summed E-state index contributed by atoms with van der Waals surface area (Å²) >= 11 is 0. The van der Waals surface area contributed by atoms with Gasteiger partial charge in [-0.2, -0.15) is 0 Å². The molecule has 1 unspecified atom stereocenters. The third kappa shape index (κ3) is 3.35. The van der Waals surface area contributed by atoms with Crippen molar-refractivity contribution in [3.8, 4) is 23.1 Å². The molecule has 0 saturated carbocycles. The number of aromatic hydroxyl groups is 1. The number of aromatic nitrogens is 3. The molecule has 0 aliphatic carbocycles. The minimum Gasteiger partial charge on any atom is -0.508 e. The highest BCUT2D eigenvalue weighted by atomic mass is 16.5. The number of likely N-dealkylation sites (N-methyl/N-ethyl adjacent to an activating group) is 1. The Hall–Kier alpha value is -3.84. The van der Waals surface area contributed by atoms with Crippen LogP contribution in [0.2, 0.25) is 0 Å². The second kappa shape index (κ2) is 7.53. The number of fused-ring (bicyclic) bond motifs is 2. The van der Waals surface area contributed by atoms with Gasteiger partial charge in [-0.1, -0.05) is 30.3 Å². The summed E-state index contributed by atoms with van der Waals surface area (Å²) < 4.78 is 13.9. The number of para-hydroxylation sites is 1. The van der Waals surface area contributed by atoms with E-state index in [0.717, 1.165) is 22.2 Å². The molecule has 2 aromatic carbocycles. The fourth-order valence-electron chi connectivity index (χ4n) is 3.48. The van der Waals surface area contributed by atoms with Crippen molar-refractivity contribution in [1.29, 1.82) is 0 Å². The Morgan fingerprint density at radius 2 is 2.00 bits per heavy atom. The molecule has 150 valence electrons. The molecule has 0 saturated heterocycles. The number of hydrogen-bond donors (Lipinski definition) is 2. The van der Waals surface area contributed by atoms with Gasteiger partial charge in [-0.05, 0) is 42.9 Å². The molecule has 3 heterocycles. The molecule has 30 heavy (non-hydrogen) atoms. The predicted molar refractivity (Wildman–Crippen MR) is 114 cm³/mol. The molecule has 1 atom stereocenters. The molecule has 0 spiro atoms. The van der Waals surface area contributed by atoms with Gasteiger partial charge in [0.2, 0.25) is 5.88 Å². The van der Waals surface area contributed by atoms with Crippen LogP contribution in [0.4, 0.5) is 0 Å². The lowest BCUT2D eigenvalue weighted by Crippen LogP contribution is -2.22. The Bertz CT molecular complexity index is 1290. The lowest BCUT2D eigenvalue weighted by atomic mass is 10.1. The molecule has 5 rings (SSSR count). The molecule has 7 heteroatoms. The summed E-state index contributed by atoms with van der Waals surface area (Å²) in [6.45, 7) is 0.559. The van der Waals surface area contributed by atoms with Crippen molar-refractivity contribution in [3.63, 3.8) is 0 Å². The summed E-state index contributed by atoms with van der Waals surface area (Å²) in [5, 5.41) is 18.6. The first kappa shape index (κ1) is 18.2. The van der Waals surface area contributed by atoms with Crippen molar-refractivity contribution in [3.05, 3.63) is 78.5 Å². The number of hydrogen-bond acceptors (Lipinski definition) is 6. The number of nitrogens with one attached hydrogen (secondary N) is 1. The molecule has 0 aliphatic rings. The zero-order chi connectivity index (χ0) is 20.5. The van der Waals surface area contributed by atoms with E-state index in [1.54, 1.807) is 35.0 Å². The molecule has 0 radical (unpaired) electrons. The first-order chi connectivity index (χ1) is 14.7. The molecule has 0 bridgehead atoms. The van der Waals surface area contributed by atoms with Gasteiger partial charge < -0.3 is 19.6 Å². The van der Waals surface area contributed by atoms with Crippen molar-refractivity contribution in [2.75, 3.05) is 13.6 Å². The van der Waals surface area contributed by atoms with Crippen LogP contribution in [0.5, 0.6) is 11.6 Å². The van der Waals surface area contributed by atoms with E-state index in [9.17, 15) is 5.11 Å². The van der Waals surface area contributed by atoms with Gasteiger partial charge in [-0.25, -0.2) is 9.50 Å². The SMILES string of the molecule is CNCC(Oc1ccc2ncc(-c3cc4ccccc4o3)n2n1)c1cccc(O)c1. The summed E-state index contributed by atoms with van der Waals surface area (Å²) in [6.07, 6.45) is 1.43. The average Bonchev–Trinajstić information content (AvgIpc) is 3.37. The van der Waals surface area contributed by atoms with Crippen molar-refractivity contribution in [1.82, 2.24) is 19.9 Å². The van der Waals surface area contributed by atoms with Crippen LogP contribution >= 0.6 is 0 Å². The zero-order valence-electron chi connectivity index (χ0n) is 16.3. The molecular formula is C23H20N4O3. The summed E-state index contributed by atoms with van der Waals surface area (Å²) in [5.74, 6) is 1.33. The Kier molecular flexibility index (Phi) is 4.57. The third-order valence-electron chi connectivity index (χ3n) is 4.91. The second-order valence-electron chi connectivity index (χ2n) is 6.99. The van der Waals surface area contributed by atoms with Crippen LogP contribution in [0.3, 0.4) is 0 Å². The smallest absolute Gasteiger partial charge is 0.232 e. The molecule has 3 aromatic heterocycles. The average molecular weight is 400 g/mol. The fraction of sp³-hybridized carbons (Fsp3) is 0.130. The third-order valence-corrected chi connectivity index (χ3v) is 4.91. The summed E-state index contributed by atoms with van der Waals surface area (Å²) in [7, 11) is 1.85. The van der Waals surface area contributed by atoms with Gasteiger partial charge in [0, 0.05) is 18.0 Å². The van der Waals surface area contributed by atoms with Gasteiger partial charge in [-0.15, -0.1) is 5.10 Å². The Morgan fingerprint density at radius 1 is 1.10 bits per heavy atom. The zero-order valence-corrected chi connectivity index (χ0v) is 16.3. The maximum absolute atomic E-state index is 9.82. The van der Waals surface area contributed by atoms with Crippen molar-refractivity contribution >= 4 is 16.6 Å². The van der Waals surface area contributed by atoms with Crippen molar-refractivity contribution < 1.29 is 14.3 Å². The summed E-state index contributed by atoms with van der Waals surface area (Å²) in [4.78, 5) is 4.43. The van der Waals surface area contributed by atoms with Crippen LogP contribution in [0, 0.1) is 0 Å². The predicted octanol–water partition coefficient (Wildman–Crippen LogP) is 4.19. The van der Waals surface area contributed by atoms with E-state index in [-0.39, 0.29) is 11.9 Å². The van der Waals surface area contributed by atoms with Crippen LogP contribution in [0.25, 0.3) is 28.1 Å². The number of nitrogens with zero attached hydrogens (tertiary/aromatic N) is 3. The van der Waals surface area contributed by atoms with Gasteiger partial charge in [0.1, 0.15) is 23.1 Å². The second-order valence-corrected chi connectivity index (χ2v) is 6.99. The Morgan fingerprint density at radius 3 is 2.83 bits per heavy atom. The number of rotatable bonds is 6. The number of phenolic OH excluding ortho intramolecular Hbond substituents is 1. The minimum atomic E-state index is -0.315. The van der Waals surface area contributed by atoms with Gasteiger partial charge >= 0.3 is 0 Å². The number of phenols is 1. The lowest BCUT2D eigenvalue weighted by Gasteiger charge is -2.19. The number of ether oxygens (including phenoxy) is 1. The standard InChI is InChI=1S/C23H20N4O3/c1-24-14-21(15-6-4-7-17(28)11-15)30-23-10-9-22-25-13-18(27(22)26-23)20-12-16-5-2-3-8-19(16)29-20/h2-13,21,24,28H,14H2,1H3. The first-order valence-electron chi connectivity index (χ1n) is 9.65. The summed E-state index contributed by atoms with van der Waals surface area (Å²) in [5.41, 5.74) is 3.11. The highest BCUT2D eigenvalue weighted by molar-refractivity contribution is 5.82. The van der Waals surface area contributed by atoms with E-state index < -0.39 is 0 Å². The van der Waals surface area contributed by atoms with E-state index >= 15 is 0 Å². The first-order valence-corrected chi connectivity index (χ1v) is 9.65.